The summed E-state index contributed by atoms with van der Waals surface area (Å²) >= 11 is 0. The van der Waals surface area contributed by atoms with E-state index in [1.54, 1.807) is 6.08 Å². The van der Waals surface area contributed by atoms with E-state index >= 15 is 0 Å². The Hall–Kier alpha value is -0.870. The Morgan fingerprint density at radius 1 is 1.32 bits per heavy atom. The van der Waals surface area contributed by atoms with Crippen molar-refractivity contribution in [2.75, 3.05) is 39.4 Å². The number of morpholine rings is 1. The molecule has 19 heavy (non-hydrogen) atoms. The number of hydrogen-bond donors (Lipinski definition) is 0. The second-order valence-corrected chi connectivity index (χ2v) is 5.43. The van der Waals surface area contributed by atoms with Gasteiger partial charge in [0.2, 0.25) is 5.91 Å². The van der Waals surface area contributed by atoms with Crippen LogP contribution in [-0.4, -0.2) is 61.1 Å². The molecule has 0 bridgehead atoms. The maximum absolute atomic E-state index is 12.2. The molecule has 1 atom stereocenters. The summed E-state index contributed by atoms with van der Waals surface area (Å²) in [7, 11) is 0. The predicted molar refractivity (Wildman–Crippen MR) is 76.0 cm³/mol. The van der Waals surface area contributed by atoms with Crippen LogP contribution in [0.15, 0.2) is 12.2 Å². The Bertz CT molecular complexity index is 311. The summed E-state index contributed by atoms with van der Waals surface area (Å²) in [5.41, 5.74) is 0. The summed E-state index contributed by atoms with van der Waals surface area (Å²) < 4.78 is 5.31. The van der Waals surface area contributed by atoms with Crippen molar-refractivity contribution < 1.29 is 9.53 Å². The van der Waals surface area contributed by atoms with E-state index in [1.807, 2.05) is 6.08 Å². The van der Waals surface area contributed by atoms with Crippen molar-refractivity contribution in [1.82, 2.24) is 9.80 Å². The number of ether oxygens (including phenoxy) is 1. The number of rotatable bonds is 5. The number of likely N-dealkylation sites (tertiary alicyclic amines) is 1. The van der Waals surface area contributed by atoms with Crippen molar-refractivity contribution in [1.29, 1.82) is 0 Å². The Labute approximate surface area is 116 Å². The second-order valence-electron chi connectivity index (χ2n) is 5.43. The first-order chi connectivity index (χ1) is 9.31. The van der Waals surface area contributed by atoms with Crippen LogP contribution >= 0.6 is 0 Å². The lowest BCUT2D eigenvalue weighted by Gasteiger charge is -2.25. The lowest BCUT2D eigenvalue weighted by atomic mass is 10.1. The molecule has 108 valence electrons. The molecule has 0 N–H and O–H groups in total. The molecular weight excluding hydrogens is 240 g/mol. The largest absolute Gasteiger partial charge is 0.379 e. The zero-order valence-electron chi connectivity index (χ0n) is 12.0. The van der Waals surface area contributed by atoms with Crippen LogP contribution in [0.3, 0.4) is 0 Å². The molecule has 0 radical (unpaired) electrons. The van der Waals surface area contributed by atoms with Crippen LogP contribution in [0.4, 0.5) is 0 Å². The molecular formula is C15H26N2O2. The van der Waals surface area contributed by atoms with Crippen molar-refractivity contribution in [3.05, 3.63) is 12.2 Å². The van der Waals surface area contributed by atoms with Gasteiger partial charge < -0.3 is 9.64 Å². The highest BCUT2D eigenvalue weighted by molar-refractivity contribution is 5.88. The van der Waals surface area contributed by atoms with Crippen LogP contribution in [0.25, 0.3) is 0 Å². The third-order valence-electron chi connectivity index (χ3n) is 4.01. The Kier molecular flexibility index (Phi) is 5.86. The van der Waals surface area contributed by atoms with Crippen molar-refractivity contribution in [3.63, 3.8) is 0 Å². The van der Waals surface area contributed by atoms with E-state index in [0.29, 0.717) is 6.04 Å². The van der Waals surface area contributed by atoms with Gasteiger partial charge >= 0.3 is 0 Å². The Morgan fingerprint density at radius 2 is 2.11 bits per heavy atom. The van der Waals surface area contributed by atoms with E-state index in [2.05, 4.69) is 16.7 Å². The van der Waals surface area contributed by atoms with Crippen LogP contribution in [0.2, 0.25) is 0 Å². The van der Waals surface area contributed by atoms with Gasteiger partial charge in [-0.1, -0.05) is 19.4 Å². The van der Waals surface area contributed by atoms with Gasteiger partial charge in [0, 0.05) is 38.3 Å². The van der Waals surface area contributed by atoms with E-state index < -0.39 is 0 Å². The molecule has 2 aliphatic heterocycles. The number of hydrogen-bond acceptors (Lipinski definition) is 3. The van der Waals surface area contributed by atoms with Gasteiger partial charge in [0.05, 0.1) is 13.2 Å². The fraction of sp³-hybridized carbons (Fsp3) is 0.800. The minimum atomic E-state index is 0.198. The molecule has 4 heteroatoms. The zero-order valence-corrected chi connectivity index (χ0v) is 12.0. The first kappa shape index (κ1) is 14.5. The van der Waals surface area contributed by atoms with E-state index in [9.17, 15) is 4.79 Å². The van der Waals surface area contributed by atoms with Gasteiger partial charge in [0.25, 0.3) is 0 Å². The Morgan fingerprint density at radius 3 is 2.84 bits per heavy atom. The maximum atomic E-state index is 12.2. The lowest BCUT2D eigenvalue weighted by Crippen LogP contribution is -2.37. The Balaban J connectivity index is 1.76. The van der Waals surface area contributed by atoms with Gasteiger partial charge in [-0.2, -0.15) is 0 Å². The minimum absolute atomic E-state index is 0.198. The molecule has 4 nitrogen and oxygen atoms in total. The van der Waals surface area contributed by atoms with Gasteiger partial charge in [-0.3, -0.25) is 9.69 Å². The molecule has 0 aliphatic carbocycles. The van der Waals surface area contributed by atoms with E-state index in [-0.39, 0.29) is 5.91 Å². The smallest absolute Gasteiger partial charge is 0.246 e. The van der Waals surface area contributed by atoms with Gasteiger partial charge in [0.1, 0.15) is 0 Å². The molecule has 0 saturated carbocycles. The maximum Gasteiger partial charge on any atom is 0.246 e. The standard InChI is InChI=1S/C15H26N2O2/c1-2-5-14-6-3-9-17(14)15(18)7-4-8-16-10-12-19-13-11-16/h4,7,14H,2-3,5-6,8-13H2,1H3/b7-4+/t14-/m1/s1. The number of carbonyl (C=O) groups is 1. The average molecular weight is 266 g/mol. The molecule has 2 heterocycles. The summed E-state index contributed by atoms with van der Waals surface area (Å²) in [6, 6.07) is 0.477. The van der Waals surface area contributed by atoms with Gasteiger partial charge in [0.15, 0.2) is 0 Å². The van der Waals surface area contributed by atoms with Crippen LogP contribution < -0.4 is 0 Å². The quantitative estimate of drug-likeness (QED) is 0.710. The molecule has 0 aromatic carbocycles. The average Bonchev–Trinajstić information content (AvgIpc) is 2.89. The zero-order chi connectivity index (χ0) is 13.5. The van der Waals surface area contributed by atoms with Gasteiger partial charge in [-0.25, -0.2) is 0 Å². The summed E-state index contributed by atoms with van der Waals surface area (Å²) in [4.78, 5) is 16.5. The van der Waals surface area contributed by atoms with Crippen molar-refractivity contribution in [3.8, 4) is 0 Å². The molecule has 2 rings (SSSR count). The molecule has 0 aromatic rings. The van der Waals surface area contributed by atoms with E-state index in [1.165, 1.54) is 6.42 Å². The van der Waals surface area contributed by atoms with Crippen LogP contribution in [0.1, 0.15) is 32.6 Å². The molecule has 2 aliphatic rings. The summed E-state index contributed by atoms with van der Waals surface area (Å²) in [5.74, 6) is 0.198. The van der Waals surface area contributed by atoms with E-state index in [4.69, 9.17) is 4.74 Å². The monoisotopic (exact) mass is 266 g/mol. The molecule has 2 saturated heterocycles. The normalized spacial score (nSPS) is 25.3. The third kappa shape index (κ3) is 4.32. The van der Waals surface area contributed by atoms with Crippen LogP contribution in [0.5, 0.6) is 0 Å². The SMILES string of the molecule is CCC[C@@H]1CCCN1C(=O)/C=C/CN1CCOCC1. The number of carbonyl (C=O) groups excluding carboxylic acids is 1. The first-order valence-electron chi connectivity index (χ1n) is 7.58. The van der Waals surface area contributed by atoms with Gasteiger partial charge in [-0.15, -0.1) is 0 Å². The van der Waals surface area contributed by atoms with Crippen molar-refractivity contribution in [2.45, 2.75) is 38.6 Å². The number of nitrogens with zero attached hydrogens (tertiary/aromatic N) is 2. The molecule has 2 fully saturated rings. The summed E-state index contributed by atoms with van der Waals surface area (Å²) in [6.45, 7) is 7.56. The summed E-state index contributed by atoms with van der Waals surface area (Å²) in [6.07, 6.45) is 8.41. The van der Waals surface area contributed by atoms with Crippen molar-refractivity contribution in [2.24, 2.45) is 0 Å². The third-order valence-corrected chi connectivity index (χ3v) is 4.01. The molecule has 1 amide bonds. The first-order valence-corrected chi connectivity index (χ1v) is 7.58. The number of amides is 1. The summed E-state index contributed by atoms with van der Waals surface area (Å²) in [5, 5.41) is 0. The highest BCUT2D eigenvalue weighted by Gasteiger charge is 2.26. The second kappa shape index (κ2) is 7.65. The van der Waals surface area contributed by atoms with Crippen LogP contribution in [-0.2, 0) is 9.53 Å². The fourth-order valence-electron chi connectivity index (χ4n) is 2.94. The fourth-order valence-corrected chi connectivity index (χ4v) is 2.94. The minimum Gasteiger partial charge on any atom is -0.379 e. The van der Waals surface area contributed by atoms with E-state index in [0.717, 1.165) is 58.7 Å². The van der Waals surface area contributed by atoms with Gasteiger partial charge in [-0.05, 0) is 19.3 Å². The lowest BCUT2D eigenvalue weighted by molar-refractivity contribution is -0.126. The predicted octanol–water partition coefficient (Wildman–Crippen LogP) is 1.67. The van der Waals surface area contributed by atoms with Crippen molar-refractivity contribution >= 4 is 5.91 Å². The molecule has 0 spiro atoms. The highest BCUT2D eigenvalue weighted by atomic mass is 16.5. The highest BCUT2D eigenvalue weighted by Crippen LogP contribution is 2.21. The topological polar surface area (TPSA) is 32.8 Å². The van der Waals surface area contributed by atoms with Crippen LogP contribution in [0, 0.1) is 0 Å². The molecule has 0 aromatic heterocycles. The molecule has 0 unspecified atom stereocenters.